The van der Waals surface area contributed by atoms with Crippen molar-refractivity contribution in [1.29, 1.82) is 0 Å². The number of halogens is 1. The molecular formula is C22H16ClN3O4. The minimum absolute atomic E-state index is 0.151. The number of carbonyl (C=O) groups excluding carboxylic acids is 1. The van der Waals surface area contributed by atoms with Gasteiger partial charge in [-0.25, -0.2) is 4.79 Å². The Morgan fingerprint density at radius 3 is 2.60 bits per heavy atom. The van der Waals surface area contributed by atoms with E-state index in [0.717, 1.165) is 0 Å². The molecule has 0 bridgehead atoms. The highest BCUT2D eigenvalue weighted by Gasteiger charge is 2.14. The number of aromatic carboxylic acids is 1. The van der Waals surface area contributed by atoms with E-state index < -0.39 is 5.97 Å². The first kappa shape index (κ1) is 19.5. The molecule has 0 aliphatic heterocycles. The molecule has 1 amide bonds. The molecule has 0 radical (unpaired) electrons. The Bertz CT molecular complexity index is 1270. The fraction of sp³-hybridized carbons (Fsp3) is 0.0455. The van der Waals surface area contributed by atoms with Crippen LogP contribution in [0.1, 0.15) is 26.3 Å². The minimum Gasteiger partial charge on any atom is -0.478 e. The summed E-state index contributed by atoms with van der Waals surface area (Å²) in [5.74, 6) is -0.987. The number of hydrogen-bond donors (Lipinski definition) is 3. The summed E-state index contributed by atoms with van der Waals surface area (Å²) in [6.45, 7) is 1.71. The maximum Gasteiger partial charge on any atom is 0.336 e. The van der Waals surface area contributed by atoms with Gasteiger partial charge in [-0.3, -0.25) is 4.79 Å². The standard InChI is InChI=1S/C22H16ClN3O4/c1-12-7-8-14(9-15(12)21(28)29)30-22-25-18-10-16(23)17(11-19(18)26-22)24-20(27)13-5-3-2-4-6-13/h2-11H,1H3,(H,24,27)(H,25,26)(H,28,29). The van der Waals surface area contributed by atoms with Gasteiger partial charge in [0.05, 0.1) is 27.3 Å². The van der Waals surface area contributed by atoms with Gasteiger partial charge in [0.2, 0.25) is 0 Å². The molecule has 30 heavy (non-hydrogen) atoms. The van der Waals surface area contributed by atoms with Crippen molar-refractivity contribution >= 4 is 40.2 Å². The number of carboxylic acid groups (broad SMARTS) is 1. The van der Waals surface area contributed by atoms with Crippen LogP contribution in [0.3, 0.4) is 0 Å². The number of benzene rings is 3. The number of rotatable bonds is 5. The summed E-state index contributed by atoms with van der Waals surface area (Å²) < 4.78 is 5.68. The zero-order chi connectivity index (χ0) is 21.3. The number of anilines is 1. The zero-order valence-corrected chi connectivity index (χ0v) is 16.5. The van der Waals surface area contributed by atoms with E-state index in [2.05, 4.69) is 15.3 Å². The maximum atomic E-state index is 12.4. The van der Waals surface area contributed by atoms with E-state index in [1.807, 2.05) is 6.07 Å². The molecule has 0 aliphatic carbocycles. The zero-order valence-electron chi connectivity index (χ0n) is 15.8. The number of ether oxygens (including phenoxy) is 1. The third-order valence-corrected chi connectivity index (χ3v) is 4.80. The third-order valence-electron chi connectivity index (χ3n) is 4.49. The Hall–Kier alpha value is -3.84. The van der Waals surface area contributed by atoms with Gasteiger partial charge >= 0.3 is 5.97 Å². The second kappa shape index (κ2) is 7.88. The number of aryl methyl sites for hydroxylation is 1. The van der Waals surface area contributed by atoms with Gasteiger partial charge in [-0.1, -0.05) is 35.9 Å². The smallest absolute Gasteiger partial charge is 0.336 e. The van der Waals surface area contributed by atoms with Crippen molar-refractivity contribution in [3.8, 4) is 11.8 Å². The molecule has 0 unspecified atom stereocenters. The third kappa shape index (κ3) is 3.97. The monoisotopic (exact) mass is 421 g/mol. The van der Waals surface area contributed by atoms with Crippen LogP contribution in [0, 0.1) is 6.92 Å². The highest BCUT2D eigenvalue weighted by molar-refractivity contribution is 6.34. The fourth-order valence-electron chi connectivity index (χ4n) is 2.94. The van der Waals surface area contributed by atoms with Gasteiger partial charge in [-0.15, -0.1) is 0 Å². The molecule has 8 heteroatoms. The first-order chi connectivity index (χ1) is 14.4. The number of carboxylic acids is 1. The Balaban J connectivity index is 1.60. The van der Waals surface area contributed by atoms with Gasteiger partial charge in [0.1, 0.15) is 5.75 Å². The largest absolute Gasteiger partial charge is 0.478 e. The molecule has 1 aromatic heterocycles. The van der Waals surface area contributed by atoms with E-state index in [0.29, 0.717) is 38.6 Å². The van der Waals surface area contributed by atoms with Gasteiger partial charge in [-0.2, -0.15) is 4.98 Å². The van der Waals surface area contributed by atoms with Crippen LogP contribution in [0.25, 0.3) is 11.0 Å². The number of amides is 1. The lowest BCUT2D eigenvalue weighted by Crippen LogP contribution is -2.11. The van der Waals surface area contributed by atoms with E-state index in [-0.39, 0.29) is 17.5 Å². The molecule has 0 aliphatic rings. The molecule has 0 spiro atoms. The van der Waals surface area contributed by atoms with Gasteiger partial charge in [0, 0.05) is 5.56 Å². The highest BCUT2D eigenvalue weighted by atomic mass is 35.5. The Morgan fingerprint density at radius 2 is 1.87 bits per heavy atom. The summed E-state index contributed by atoms with van der Waals surface area (Å²) in [4.78, 5) is 31.0. The highest BCUT2D eigenvalue weighted by Crippen LogP contribution is 2.30. The fourth-order valence-corrected chi connectivity index (χ4v) is 3.15. The summed E-state index contributed by atoms with van der Waals surface area (Å²) in [5, 5.41) is 12.4. The van der Waals surface area contributed by atoms with Crippen LogP contribution in [-0.2, 0) is 0 Å². The van der Waals surface area contributed by atoms with Crippen molar-refractivity contribution in [1.82, 2.24) is 9.97 Å². The average Bonchev–Trinajstić information content (AvgIpc) is 3.11. The quantitative estimate of drug-likeness (QED) is 0.407. The van der Waals surface area contributed by atoms with Gasteiger partial charge in [0.15, 0.2) is 0 Å². The summed E-state index contributed by atoms with van der Waals surface area (Å²) in [5.41, 5.74) is 2.84. The minimum atomic E-state index is -1.03. The number of imidazole rings is 1. The van der Waals surface area contributed by atoms with Crippen molar-refractivity contribution in [3.05, 3.63) is 82.4 Å². The first-order valence-corrected chi connectivity index (χ1v) is 9.36. The van der Waals surface area contributed by atoms with E-state index in [1.165, 1.54) is 6.07 Å². The topological polar surface area (TPSA) is 104 Å². The van der Waals surface area contributed by atoms with E-state index in [9.17, 15) is 14.7 Å². The van der Waals surface area contributed by atoms with Gasteiger partial charge in [0.25, 0.3) is 11.9 Å². The van der Waals surface area contributed by atoms with Crippen LogP contribution >= 0.6 is 11.6 Å². The van der Waals surface area contributed by atoms with Crippen molar-refractivity contribution in [2.24, 2.45) is 0 Å². The molecule has 150 valence electrons. The number of nitrogens with zero attached hydrogens (tertiary/aromatic N) is 1. The second-order valence-corrected chi connectivity index (χ2v) is 7.00. The van der Waals surface area contributed by atoms with Crippen molar-refractivity contribution in [2.75, 3.05) is 5.32 Å². The van der Waals surface area contributed by atoms with Crippen LogP contribution < -0.4 is 10.1 Å². The molecule has 4 rings (SSSR count). The SMILES string of the molecule is Cc1ccc(Oc2nc3cc(NC(=O)c4ccccc4)c(Cl)cc3[nH]2)cc1C(=O)O. The van der Waals surface area contributed by atoms with Crippen LogP contribution in [0.2, 0.25) is 5.02 Å². The molecule has 3 N–H and O–H groups in total. The molecule has 4 aromatic rings. The summed E-state index contributed by atoms with van der Waals surface area (Å²) in [7, 11) is 0. The number of hydrogen-bond acceptors (Lipinski definition) is 4. The number of H-pyrrole nitrogens is 1. The molecule has 0 saturated heterocycles. The predicted molar refractivity (Wildman–Crippen MR) is 114 cm³/mol. The number of aromatic amines is 1. The second-order valence-electron chi connectivity index (χ2n) is 6.60. The van der Waals surface area contributed by atoms with Crippen LogP contribution in [0.4, 0.5) is 5.69 Å². The number of nitrogens with one attached hydrogen (secondary N) is 2. The van der Waals surface area contributed by atoms with Crippen LogP contribution in [0.5, 0.6) is 11.8 Å². The summed E-state index contributed by atoms with van der Waals surface area (Å²) in [6.07, 6.45) is 0. The van der Waals surface area contributed by atoms with Crippen LogP contribution in [-0.4, -0.2) is 27.0 Å². The Kier molecular flexibility index (Phi) is 5.12. The van der Waals surface area contributed by atoms with Gasteiger partial charge in [-0.05, 0) is 48.9 Å². The number of fused-ring (bicyclic) bond motifs is 1. The van der Waals surface area contributed by atoms with E-state index in [1.54, 1.807) is 55.5 Å². The molecule has 1 heterocycles. The van der Waals surface area contributed by atoms with Gasteiger partial charge < -0.3 is 20.1 Å². The number of aromatic nitrogens is 2. The normalized spacial score (nSPS) is 10.7. The Labute approximate surface area is 176 Å². The first-order valence-electron chi connectivity index (χ1n) is 8.98. The van der Waals surface area contributed by atoms with Crippen molar-refractivity contribution < 1.29 is 19.4 Å². The predicted octanol–water partition coefficient (Wildman–Crippen LogP) is 5.27. The summed E-state index contributed by atoms with van der Waals surface area (Å²) >= 11 is 6.31. The lowest BCUT2D eigenvalue weighted by molar-refractivity contribution is 0.0695. The lowest BCUT2D eigenvalue weighted by atomic mass is 10.1. The maximum absolute atomic E-state index is 12.4. The number of carbonyl (C=O) groups is 2. The van der Waals surface area contributed by atoms with Crippen molar-refractivity contribution in [3.63, 3.8) is 0 Å². The van der Waals surface area contributed by atoms with Crippen LogP contribution in [0.15, 0.2) is 60.7 Å². The molecule has 3 aromatic carbocycles. The molecule has 0 saturated carbocycles. The average molecular weight is 422 g/mol. The molecular weight excluding hydrogens is 406 g/mol. The lowest BCUT2D eigenvalue weighted by Gasteiger charge is -2.07. The molecule has 7 nitrogen and oxygen atoms in total. The molecule has 0 fully saturated rings. The van der Waals surface area contributed by atoms with E-state index >= 15 is 0 Å². The Morgan fingerprint density at radius 1 is 1.10 bits per heavy atom. The summed E-state index contributed by atoms with van der Waals surface area (Å²) in [6, 6.07) is 17.0. The van der Waals surface area contributed by atoms with E-state index in [4.69, 9.17) is 16.3 Å². The van der Waals surface area contributed by atoms with Crippen molar-refractivity contribution in [2.45, 2.75) is 6.92 Å². The molecule has 0 atom stereocenters.